The molecule has 8 nitrogen and oxygen atoms in total. The van der Waals surface area contributed by atoms with Crippen LogP contribution in [0.3, 0.4) is 0 Å². The lowest BCUT2D eigenvalue weighted by atomic mass is 10.2. The summed E-state index contributed by atoms with van der Waals surface area (Å²) < 4.78 is 33.4. The van der Waals surface area contributed by atoms with Gasteiger partial charge in [-0.15, -0.1) is 0 Å². The zero-order chi connectivity index (χ0) is 18.0. The lowest BCUT2D eigenvalue weighted by molar-refractivity contribution is 0.0661. The average Bonchev–Trinajstić information content (AvgIpc) is 3.15. The third-order valence-electron chi connectivity index (χ3n) is 3.23. The molecule has 25 heavy (non-hydrogen) atoms. The summed E-state index contributed by atoms with van der Waals surface area (Å²) in [6, 6.07) is 10.5. The number of carbonyl (C=O) groups is 1. The summed E-state index contributed by atoms with van der Waals surface area (Å²) in [6.45, 7) is 0.487. The topological polar surface area (TPSA) is 114 Å². The van der Waals surface area contributed by atoms with Crippen LogP contribution in [0.1, 0.15) is 16.1 Å². The SMILES string of the molecule is O=C(O)c1cc(S(=O)(=O)Nc2cnn(Cc3ccccc3)c2)c(Br)o1. The number of rotatable bonds is 6. The molecule has 0 aliphatic rings. The number of nitrogens with zero attached hydrogens (tertiary/aromatic N) is 2. The number of hydrogen-bond acceptors (Lipinski definition) is 5. The van der Waals surface area contributed by atoms with Crippen LogP contribution in [0.15, 0.2) is 62.8 Å². The standard InChI is InChI=1S/C15H12BrN3O5S/c16-14-13(6-12(24-14)15(20)21)25(22,23)18-11-7-17-19(9-11)8-10-4-2-1-3-5-10/h1-7,9,18H,8H2,(H,20,21). The maximum atomic E-state index is 12.4. The molecule has 2 N–H and O–H groups in total. The van der Waals surface area contributed by atoms with E-state index in [0.29, 0.717) is 6.54 Å². The zero-order valence-corrected chi connectivity index (χ0v) is 15.0. The number of anilines is 1. The summed E-state index contributed by atoms with van der Waals surface area (Å²) in [4.78, 5) is 10.6. The molecule has 0 atom stereocenters. The van der Waals surface area contributed by atoms with Gasteiger partial charge in [0.25, 0.3) is 10.0 Å². The van der Waals surface area contributed by atoms with Crippen LogP contribution in [0.2, 0.25) is 0 Å². The Morgan fingerprint density at radius 3 is 2.68 bits per heavy atom. The van der Waals surface area contributed by atoms with Crippen LogP contribution in [0.5, 0.6) is 0 Å². The Morgan fingerprint density at radius 2 is 2.04 bits per heavy atom. The first-order valence-electron chi connectivity index (χ1n) is 6.97. The minimum atomic E-state index is -4.02. The molecule has 1 aromatic carbocycles. The van der Waals surface area contributed by atoms with E-state index in [1.165, 1.54) is 12.4 Å². The van der Waals surface area contributed by atoms with Crippen molar-refractivity contribution in [2.75, 3.05) is 4.72 Å². The molecule has 0 radical (unpaired) electrons. The second kappa shape index (κ2) is 6.73. The molecule has 0 bridgehead atoms. The van der Waals surface area contributed by atoms with Gasteiger partial charge in [0.05, 0.1) is 18.4 Å². The van der Waals surface area contributed by atoms with Crippen molar-refractivity contribution in [3.05, 3.63) is 64.8 Å². The molecule has 0 saturated carbocycles. The number of sulfonamides is 1. The van der Waals surface area contributed by atoms with Gasteiger partial charge < -0.3 is 9.52 Å². The monoisotopic (exact) mass is 425 g/mol. The normalized spacial score (nSPS) is 11.4. The molecule has 130 valence electrons. The Kier molecular flexibility index (Phi) is 4.64. The van der Waals surface area contributed by atoms with E-state index in [-0.39, 0.29) is 15.3 Å². The molecule has 0 amide bonds. The maximum absolute atomic E-state index is 12.4. The minimum Gasteiger partial charge on any atom is -0.475 e. The van der Waals surface area contributed by atoms with Crippen LogP contribution in [0.4, 0.5) is 5.69 Å². The number of aromatic nitrogens is 2. The van der Waals surface area contributed by atoms with Gasteiger partial charge in [-0.25, -0.2) is 13.2 Å². The molecular formula is C15H12BrN3O5S. The highest BCUT2D eigenvalue weighted by Crippen LogP contribution is 2.27. The van der Waals surface area contributed by atoms with E-state index in [1.54, 1.807) is 4.68 Å². The van der Waals surface area contributed by atoms with E-state index in [4.69, 9.17) is 9.52 Å². The van der Waals surface area contributed by atoms with Crippen LogP contribution < -0.4 is 4.72 Å². The molecule has 3 aromatic rings. The second-order valence-electron chi connectivity index (χ2n) is 5.07. The van der Waals surface area contributed by atoms with Gasteiger partial charge in [0.1, 0.15) is 4.90 Å². The fraction of sp³-hybridized carbons (Fsp3) is 0.0667. The van der Waals surface area contributed by atoms with Crippen molar-refractivity contribution in [3.63, 3.8) is 0 Å². The van der Waals surface area contributed by atoms with Gasteiger partial charge >= 0.3 is 5.97 Å². The number of nitrogens with one attached hydrogen (secondary N) is 1. The van der Waals surface area contributed by atoms with E-state index < -0.39 is 21.8 Å². The molecular weight excluding hydrogens is 414 g/mol. The van der Waals surface area contributed by atoms with E-state index in [9.17, 15) is 13.2 Å². The van der Waals surface area contributed by atoms with Gasteiger partial charge in [-0.1, -0.05) is 30.3 Å². The molecule has 3 rings (SSSR count). The number of halogens is 1. The van der Waals surface area contributed by atoms with Gasteiger partial charge in [0, 0.05) is 12.3 Å². The Morgan fingerprint density at radius 1 is 1.32 bits per heavy atom. The van der Waals surface area contributed by atoms with Gasteiger partial charge in [-0.2, -0.15) is 5.10 Å². The van der Waals surface area contributed by atoms with Crippen molar-refractivity contribution in [3.8, 4) is 0 Å². The van der Waals surface area contributed by atoms with Crippen LogP contribution >= 0.6 is 15.9 Å². The Balaban J connectivity index is 1.79. The van der Waals surface area contributed by atoms with E-state index in [1.807, 2.05) is 30.3 Å². The molecule has 0 fully saturated rings. The Bertz CT molecular complexity index is 1010. The largest absolute Gasteiger partial charge is 0.475 e. The van der Waals surface area contributed by atoms with Crippen LogP contribution in [0.25, 0.3) is 0 Å². The van der Waals surface area contributed by atoms with Crippen molar-refractivity contribution in [1.29, 1.82) is 0 Å². The maximum Gasteiger partial charge on any atom is 0.371 e. The smallest absolute Gasteiger partial charge is 0.371 e. The lowest BCUT2D eigenvalue weighted by Gasteiger charge is -2.04. The molecule has 0 aliphatic heterocycles. The summed E-state index contributed by atoms with van der Waals surface area (Å²) in [6.07, 6.45) is 2.91. The summed E-state index contributed by atoms with van der Waals surface area (Å²) >= 11 is 2.91. The number of carboxylic acids is 1. The molecule has 10 heteroatoms. The van der Waals surface area contributed by atoms with E-state index >= 15 is 0 Å². The number of carboxylic acid groups (broad SMARTS) is 1. The van der Waals surface area contributed by atoms with E-state index in [2.05, 4.69) is 25.8 Å². The first-order valence-corrected chi connectivity index (χ1v) is 9.24. The summed E-state index contributed by atoms with van der Waals surface area (Å²) in [5.41, 5.74) is 1.27. The van der Waals surface area contributed by atoms with E-state index in [0.717, 1.165) is 11.6 Å². The third-order valence-corrected chi connectivity index (χ3v) is 5.47. The first kappa shape index (κ1) is 17.2. The number of hydrogen-bond donors (Lipinski definition) is 2. The third kappa shape index (κ3) is 3.91. The highest BCUT2D eigenvalue weighted by molar-refractivity contribution is 9.10. The number of benzene rings is 1. The molecule has 0 spiro atoms. The Labute approximate surface area is 151 Å². The van der Waals surface area contributed by atoms with Gasteiger partial charge in [0.15, 0.2) is 4.67 Å². The predicted molar refractivity (Wildman–Crippen MR) is 91.9 cm³/mol. The van der Waals surface area contributed by atoms with Crippen molar-refractivity contribution < 1.29 is 22.7 Å². The van der Waals surface area contributed by atoms with Crippen LogP contribution in [-0.4, -0.2) is 29.3 Å². The summed E-state index contributed by atoms with van der Waals surface area (Å²) in [5, 5.41) is 13.0. The zero-order valence-electron chi connectivity index (χ0n) is 12.6. The van der Waals surface area contributed by atoms with Crippen molar-refractivity contribution in [2.45, 2.75) is 11.4 Å². The summed E-state index contributed by atoms with van der Waals surface area (Å²) in [5.74, 6) is -1.84. The summed E-state index contributed by atoms with van der Waals surface area (Å²) in [7, 11) is -4.02. The van der Waals surface area contributed by atoms with Crippen molar-refractivity contribution in [1.82, 2.24) is 9.78 Å². The minimum absolute atomic E-state index is 0.186. The highest BCUT2D eigenvalue weighted by Gasteiger charge is 2.25. The molecule has 2 heterocycles. The lowest BCUT2D eigenvalue weighted by Crippen LogP contribution is -2.12. The van der Waals surface area contributed by atoms with Crippen molar-refractivity contribution in [2.24, 2.45) is 0 Å². The average molecular weight is 426 g/mol. The molecule has 2 aromatic heterocycles. The fourth-order valence-electron chi connectivity index (χ4n) is 2.12. The Hall–Kier alpha value is -2.59. The number of aromatic carboxylic acids is 1. The fourth-order valence-corrected chi connectivity index (χ4v) is 4.09. The highest BCUT2D eigenvalue weighted by atomic mass is 79.9. The molecule has 0 aliphatic carbocycles. The number of furan rings is 1. The molecule has 0 saturated heterocycles. The predicted octanol–water partition coefficient (Wildman–Crippen LogP) is 2.79. The van der Waals surface area contributed by atoms with Gasteiger partial charge in [0.2, 0.25) is 5.76 Å². The van der Waals surface area contributed by atoms with Gasteiger partial charge in [-0.3, -0.25) is 9.40 Å². The second-order valence-corrected chi connectivity index (χ2v) is 7.44. The quantitative estimate of drug-likeness (QED) is 0.627. The van der Waals surface area contributed by atoms with Crippen LogP contribution in [-0.2, 0) is 16.6 Å². The van der Waals surface area contributed by atoms with Gasteiger partial charge in [-0.05, 0) is 21.5 Å². The first-order chi connectivity index (χ1) is 11.8. The van der Waals surface area contributed by atoms with Crippen molar-refractivity contribution >= 4 is 37.6 Å². The molecule has 0 unspecified atom stereocenters. The van der Waals surface area contributed by atoms with Crippen LogP contribution in [0, 0.1) is 0 Å².